The Hall–Kier alpha value is -1.28. The van der Waals surface area contributed by atoms with E-state index < -0.39 is 0 Å². The monoisotopic (exact) mass is 174 g/mol. The van der Waals surface area contributed by atoms with Crippen LogP contribution in [0.25, 0.3) is 0 Å². The van der Waals surface area contributed by atoms with Crippen LogP contribution < -0.4 is 10.6 Å². The zero-order valence-corrected chi connectivity index (χ0v) is 7.61. The summed E-state index contributed by atoms with van der Waals surface area (Å²) in [6.45, 7) is 2.64. The summed E-state index contributed by atoms with van der Waals surface area (Å²) < 4.78 is 0. The minimum absolute atomic E-state index is 0.618. The van der Waals surface area contributed by atoms with Crippen LogP contribution in [0.3, 0.4) is 0 Å². The minimum atomic E-state index is 0.618. The zero-order chi connectivity index (χ0) is 9.10. The molecule has 13 heavy (non-hydrogen) atoms. The van der Waals surface area contributed by atoms with Crippen molar-refractivity contribution in [3.05, 3.63) is 42.0 Å². The molecule has 2 rings (SSSR count). The van der Waals surface area contributed by atoms with Crippen LogP contribution in [-0.4, -0.2) is 13.1 Å². The number of para-hydroxylation sites is 1. The molecule has 1 aliphatic heterocycles. The maximum Gasteiger partial charge on any atom is 0.0417 e. The molecular formula is C11H14N2. The summed E-state index contributed by atoms with van der Waals surface area (Å²) >= 11 is 0. The Morgan fingerprint density at radius 3 is 2.54 bits per heavy atom. The van der Waals surface area contributed by atoms with E-state index in [4.69, 9.17) is 5.73 Å². The summed E-state index contributed by atoms with van der Waals surface area (Å²) in [6, 6.07) is 8.32. The van der Waals surface area contributed by atoms with E-state index in [1.807, 2.05) is 6.07 Å². The second-order valence-corrected chi connectivity index (χ2v) is 3.21. The fourth-order valence-corrected chi connectivity index (χ4v) is 1.67. The van der Waals surface area contributed by atoms with Gasteiger partial charge in [-0.25, -0.2) is 0 Å². The third-order valence-corrected chi connectivity index (χ3v) is 2.37. The molecule has 1 heterocycles. The summed E-state index contributed by atoms with van der Waals surface area (Å²) in [6.07, 6.45) is 4.38. The molecule has 0 aliphatic carbocycles. The van der Waals surface area contributed by atoms with Gasteiger partial charge in [0.2, 0.25) is 0 Å². The van der Waals surface area contributed by atoms with Crippen molar-refractivity contribution in [3.8, 4) is 0 Å². The molecule has 1 aromatic carbocycles. The topological polar surface area (TPSA) is 29.3 Å². The van der Waals surface area contributed by atoms with Crippen molar-refractivity contribution in [1.29, 1.82) is 0 Å². The van der Waals surface area contributed by atoms with Gasteiger partial charge in [0.1, 0.15) is 0 Å². The second-order valence-electron chi connectivity index (χ2n) is 3.21. The van der Waals surface area contributed by atoms with E-state index in [-0.39, 0.29) is 0 Å². The predicted octanol–water partition coefficient (Wildman–Crippen LogP) is 1.52. The maximum absolute atomic E-state index is 5.67. The lowest BCUT2D eigenvalue weighted by molar-refractivity contribution is 0.967. The number of anilines is 1. The highest BCUT2D eigenvalue weighted by Crippen LogP contribution is 2.21. The Morgan fingerprint density at radius 1 is 1.15 bits per heavy atom. The van der Waals surface area contributed by atoms with Gasteiger partial charge in [-0.3, -0.25) is 0 Å². The smallest absolute Gasteiger partial charge is 0.0417 e. The standard InChI is InChI=1S/C11H14N2/c12-9-10-5-1-2-6-11(10)13-7-3-4-8-13/h1-6H,7-9,12H2. The fraction of sp³-hybridized carbons (Fsp3) is 0.273. The highest BCUT2D eigenvalue weighted by atomic mass is 15.1. The highest BCUT2D eigenvalue weighted by Gasteiger charge is 2.09. The molecular weight excluding hydrogens is 160 g/mol. The maximum atomic E-state index is 5.67. The van der Waals surface area contributed by atoms with Crippen LogP contribution in [0, 0.1) is 0 Å². The van der Waals surface area contributed by atoms with E-state index in [0.29, 0.717) is 6.54 Å². The summed E-state index contributed by atoms with van der Waals surface area (Å²) in [5.74, 6) is 0. The lowest BCUT2D eigenvalue weighted by atomic mass is 10.1. The third-order valence-electron chi connectivity index (χ3n) is 2.37. The van der Waals surface area contributed by atoms with Crippen LogP contribution >= 0.6 is 0 Å². The first-order chi connectivity index (χ1) is 6.42. The zero-order valence-electron chi connectivity index (χ0n) is 7.61. The molecule has 68 valence electrons. The van der Waals surface area contributed by atoms with Gasteiger partial charge in [-0.1, -0.05) is 30.4 Å². The number of hydrogen-bond acceptors (Lipinski definition) is 2. The Labute approximate surface area is 78.7 Å². The molecule has 0 amide bonds. The quantitative estimate of drug-likeness (QED) is 0.689. The van der Waals surface area contributed by atoms with Crippen molar-refractivity contribution in [3.63, 3.8) is 0 Å². The molecule has 2 N–H and O–H groups in total. The van der Waals surface area contributed by atoms with Crippen LogP contribution in [-0.2, 0) is 6.54 Å². The predicted molar refractivity (Wildman–Crippen MR) is 55.7 cm³/mol. The number of benzene rings is 1. The van der Waals surface area contributed by atoms with Crippen molar-refractivity contribution in [2.75, 3.05) is 18.0 Å². The second kappa shape index (κ2) is 3.62. The third kappa shape index (κ3) is 1.58. The molecule has 0 spiro atoms. The summed E-state index contributed by atoms with van der Waals surface area (Å²) in [5.41, 5.74) is 8.17. The molecule has 2 heteroatoms. The van der Waals surface area contributed by atoms with Gasteiger partial charge < -0.3 is 10.6 Å². The van der Waals surface area contributed by atoms with Gasteiger partial charge in [0.25, 0.3) is 0 Å². The van der Waals surface area contributed by atoms with E-state index in [0.717, 1.165) is 13.1 Å². The lowest BCUT2D eigenvalue weighted by Crippen LogP contribution is -2.20. The Kier molecular flexibility index (Phi) is 2.32. The van der Waals surface area contributed by atoms with Crippen LogP contribution in [0.4, 0.5) is 5.69 Å². The first kappa shape index (κ1) is 8.32. The normalized spacial score (nSPS) is 15.3. The van der Waals surface area contributed by atoms with E-state index in [2.05, 4.69) is 35.3 Å². The summed E-state index contributed by atoms with van der Waals surface area (Å²) in [5, 5.41) is 0. The van der Waals surface area contributed by atoms with Crippen molar-refractivity contribution in [2.45, 2.75) is 6.54 Å². The molecule has 1 aromatic rings. The van der Waals surface area contributed by atoms with E-state index in [1.165, 1.54) is 11.3 Å². The SMILES string of the molecule is NCc1ccccc1N1CC=CC1. The van der Waals surface area contributed by atoms with Gasteiger partial charge in [-0.05, 0) is 11.6 Å². The largest absolute Gasteiger partial charge is 0.364 e. The molecule has 0 saturated heterocycles. The van der Waals surface area contributed by atoms with Crippen molar-refractivity contribution >= 4 is 5.69 Å². The van der Waals surface area contributed by atoms with Crippen LogP contribution in [0.2, 0.25) is 0 Å². The van der Waals surface area contributed by atoms with Crippen LogP contribution in [0.15, 0.2) is 36.4 Å². The molecule has 0 atom stereocenters. The van der Waals surface area contributed by atoms with Gasteiger partial charge >= 0.3 is 0 Å². The minimum Gasteiger partial charge on any atom is -0.364 e. The first-order valence-corrected chi connectivity index (χ1v) is 4.60. The van der Waals surface area contributed by atoms with Crippen molar-refractivity contribution in [1.82, 2.24) is 0 Å². The number of rotatable bonds is 2. The lowest BCUT2D eigenvalue weighted by Gasteiger charge is -2.20. The summed E-state index contributed by atoms with van der Waals surface area (Å²) in [4.78, 5) is 2.32. The number of nitrogens with zero attached hydrogens (tertiary/aromatic N) is 1. The fourth-order valence-electron chi connectivity index (χ4n) is 1.67. The van der Waals surface area contributed by atoms with Gasteiger partial charge in [0, 0.05) is 25.3 Å². The van der Waals surface area contributed by atoms with Gasteiger partial charge in [-0.15, -0.1) is 0 Å². The molecule has 0 fully saturated rings. The molecule has 0 bridgehead atoms. The average molecular weight is 174 g/mol. The molecule has 2 nitrogen and oxygen atoms in total. The average Bonchev–Trinajstić information content (AvgIpc) is 2.70. The van der Waals surface area contributed by atoms with Crippen molar-refractivity contribution in [2.24, 2.45) is 5.73 Å². The van der Waals surface area contributed by atoms with Crippen molar-refractivity contribution < 1.29 is 0 Å². The Morgan fingerprint density at radius 2 is 1.85 bits per heavy atom. The molecule has 0 saturated carbocycles. The first-order valence-electron chi connectivity index (χ1n) is 4.60. The van der Waals surface area contributed by atoms with E-state index in [9.17, 15) is 0 Å². The van der Waals surface area contributed by atoms with Gasteiger partial charge in [-0.2, -0.15) is 0 Å². The molecule has 1 aliphatic rings. The Bertz CT molecular complexity index is 310. The van der Waals surface area contributed by atoms with E-state index in [1.54, 1.807) is 0 Å². The van der Waals surface area contributed by atoms with Crippen LogP contribution in [0.5, 0.6) is 0 Å². The molecule has 0 radical (unpaired) electrons. The van der Waals surface area contributed by atoms with Gasteiger partial charge in [0.15, 0.2) is 0 Å². The summed E-state index contributed by atoms with van der Waals surface area (Å²) in [7, 11) is 0. The highest BCUT2D eigenvalue weighted by molar-refractivity contribution is 5.55. The number of hydrogen-bond donors (Lipinski definition) is 1. The Balaban J connectivity index is 2.27. The van der Waals surface area contributed by atoms with Gasteiger partial charge in [0.05, 0.1) is 0 Å². The molecule has 0 aromatic heterocycles. The molecule has 0 unspecified atom stereocenters. The number of nitrogens with two attached hydrogens (primary N) is 1. The van der Waals surface area contributed by atoms with E-state index >= 15 is 0 Å². The van der Waals surface area contributed by atoms with Crippen LogP contribution in [0.1, 0.15) is 5.56 Å².